The van der Waals surface area contributed by atoms with Gasteiger partial charge in [0.25, 0.3) is 0 Å². The molecule has 0 aromatic heterocycles. The summed E-state index contributed by atoms with van der Waals surface area (Å²) in [6.07, 6.45) is 0.0460. The van der Waals surface area contributed by atoms with Crippen molar-refractivity contribution >= 4 is 17.3 Å². The number of hydrogen-bond acceptors (Lipinski definition) is 4. The van der Waals surface area contributed by atoms with Gasteiger partial charge >= 0.3 is 0 Å². The molecule has 0 saturated heterocycles. The van der Waals surface area contributed by atoms with Crippen LogP contribution in [0.25, 0.3) is 11.1 Å². The van der Waals surface area contributed by atoms with Crippen LogP contribution in [0.2, 0.25) is 0 Å². The van der Waals surface area contributed by atoms with Crippen molar-refractivity contribution in [1.82, 2.24) is 0 Å². The van der Waals surface area contributed by atoms with Gasteiger partial charge in [0.1, 0.15) is 5.75 Å². The lowest BCUT2D eigenvalue weighted by Gasteiger charge is -2.11. The highest BCUT2D eigenvalue weighted by Gasteiger charge is 2.30. The van der Waals surface area contributed by atoms with Crippen molar-refractivity contribution in [2.45, 2.75) is 13.3 Å². The Morgan fingerprint density at radius 3 is 2.32 bits per heavy atom. The molecule has 0 atom stereocenters. The molecule has 4 rings (SSSR count). The molecule has 0 N–H and O–H groups in total. The maximum atomic E-state index is 13.1. The van der Waals surface area contributed by atoms with Crippen molar-refractivity contribution in [2.24, 2.45) is 0 Å². The first-order chi connectivity index (χ1) is 13.5. The highest BCUT2D eigenvalue weighted by atomic mass is 16.5. The second-order valence-corrected chi connectivity index (χ2v) is 6.79. The average molecular weight is 370 g/mol. The van der Waals surface area contributed by atoms with Crippen LogP contribution in [0.5, 0.6) is 5.75 Å². The number of ether oxygens (including phenoxy) is 1. The molecule has 1 aliphatic carbocycles. The summed E-state index contributed by atoms with van der Waals surface area (Å²) in [5.74, 6) is 0.152. The SMILES string of the molecule is COc1ccc(C(C)=O)cc1CC(=O)c1cccc2c1C(=O)c1ccccc1-2. The standard InChI is InChI=1S/C24H18O4/c1-14(25)15-10-11-22(28-2)16(12-15)13-21(26)20-9-5-8-18-17-6-3-4-7-19(17)24(27)23(18)20/h3-12H,13H2,1-2H3. The predicted molar refractivity (Wildman–Crippen MR) is 106 cm³/mol. The van der Waals surface area contributed by atoms with Crippen molar-refractivity contribution in [3.8, 4) is 16.9 Å². The smallest absolute Gasteiger partial charge is 0.195 e. The maximum Gasteiger partial charge on any atom is 0.195 e. The van der Waals surface area contributed by atoms with Crippen LogP contribution < -0.4 is 4.74 Å². The summed E-state index contributed by atoms with van der Waals surface area (Å²) < 4.78 is 5.35. The van der Waals surface area contributed by atoms with Gasteiger partial charge in [0.2, 0.25) is 0 Å². The van der Waals surface area contributed by atoms with E-state index in [1.165, 1.54) is 14.0 Å². The Hall–Kier alpha value is -3.53. The summed E-state index contributed by atoms with van der Waals surface area (Å²) >= 11 is 0. The maximum absolute atomic E-state index is 13.1. The second-order valence-electron chi connectivity index (χ2n) is 6.79. The minimum absolute atomic E-state index is 0.0460. The van der Waals surface area contributed by atoms with E-state index in [-0.39, 0.29) is 23.8 Å². The van der Waals surface area contributed by atoms with Crippen molar-refractivity contribution < 1.29 is 19.1 Å². The van der Waals surface area contributed by atoms with Crippen LogP contribution >= 0.6 is 0 Å². The molecule has 4 heteroatoms. The average Bonchev–Trinajstić information content (AvgIpc) is 3.00. The molecule has 0 fully saturated rings. The van der Waals surface area contributed by atoms with Crippen molar-refractivity contribution in [3.63, 3.8) is 0 Å². The Morgan fingerprint density at radius 2 is 1.61 bits per heavy atom. The Bertz CT molecular complexity index is 1140. The molecular formula is C24H18O4. The van der Waals surface area contributed by atoms with Crippen LogP contribution in [0.15, 0.2) is 60.7 Å². The van der Waals surface area contributed by atoms with Gasteiger partial charge in [0, 0.05) is 34.2 Å². The number of Topliss-reactive ketones (excluding diaryl/α,β-unsaturated/α-hetero) is 2. The molecule has 3 aromatic rings. The van der Waals surface area contributed by atoms with E-state index < -0.39 is 0 Å². The van der Waals surface area contributed by atoms with E-state index in [1.54, 1.807) is 36.4 Å². The van der Waals surface area contributed by atoms with Crippen LogP contribution in [0, 0.1) is 0 Å². The third-order valence-electron chi connectivity index (χ3n) is 5.09. The molecule has 1 aliphatic rings. The van der Waals surface area contributed by atoms with Crippen LogP contribution in [-0.2, 0) is 6.42 Å². The fourth-order valence-electron chi connectivity index (χ4n) is 3.71. The minimum Gasteiger partial charge on any atom is -0.496 e. The predicted octanol–water partition coefficient (Wildman–Crippen LogP) is 4.53. The molecule has 28 heavy (non-hydrogen) atoms. The molecule has 138 valence electrons. The van der Waals surface area contributed by atoms with E-state index >= 15 is 0 Å². The first-order valence-electron chi connectivity index (χ1n) is 8.99. The third kappa shape index (κ3) is 2.83. The Balaban J connectivity index is 1.75. The summed E-state index contributed by atoms with van der Waals surface area (Å²) in [6, 6.07) is 17.8. The van der Waals surface area contributed by atoms with Crippen LogP contribution in [0.4, 0.5) is 0 Å². The molecule has 3 aromatic carbocycles. The lowest BCUT2D eigenvalue weighted by Crippen LogP contribution is -2.11. The number of benzene rings is 3. The Morgan fingerprint density at radius 1 is 0.893 bits per heavy atom. The largest absolute Gasteiger partial charge is 0.496 e. The summed E-state index contributed by atoms with van der Waals surface area (Å²) in [5.41, 5.74) is 4.26. The van der Waals surface area contributed by atoms with Gasteiger partial charge in [-0.15, -0.1) is 0 Å². The van der Waals surface area contributed by atoms with E-state index in [0.717, 1.165) is 11.1 Å². The third-order valence-corrected chi connectivity index (χ3v) is 5.09. The highest BCUT2D eigenvalue weighted by molar-refractivity contribution is 6.26. The van der Waals surface area contributed by atoms with Crippen LogP contribution in [0.3, 0.4) is 0 Å². The Labute approximate surface area is 162 Å². The number of hydrogen-bond donors (Lipinski definition) is 0. The van der Waals surface area contributed by atoms with Gasteiger partial charge in [0.15, 0.2) is 17.3 Å². The van der Waals surface area contributed by atoms with Gasteiger partial charge in [-0.2, -0.15) is 0 Å². The van der Waals surface area contributed by atoms with Crippen LogP contribution in [0.1, 0.15) is 49.1 Å². The first-order valence-corrected chi connectivity index (χ1v) is 8.99. The zero-order valence-electron chi connectivity index (χ0n) is 15.6. The summed E-state index contributed by atoms with van der Waals surface area (Å²) in [5, 5.41) is 0. The highest BCUT2D eigenvalue weighted by Crippen LogP contribution is 2.38. The van der Waals surface area contributed by atoms with Gasteiger partial charge in [-0.1, -0.05) is 42.5 Å². The molecule has 0 radical (unpaired) electrons. The fraction of sp³-hybridized carbons (Fsp3) is 0.125. The van der Waals surface area contributed by atoms with E-state index in [2.05, 4.69) is 0 Å². The number of carbonyl (C=O) groups is 3. The molecule has 0 heterocycles. The number of fused-ring (bicyclic) bond motifs is 3. The zero-order valence-corrected chi connectivity index (χ0v) is 15.6. The molecular weight excluding hydrogens is 352 g/mol. The molecule has 0 saturated carbocycles. The topological polar surface area (TPSA) is 60.4 Å². The van der Waals surface area contributed by atoms with Gasteiger partial charge in [-0.05, 0) is 36.2 Å². The molecule has 0 bridgehead atoms. The fourth-order valence-corrected chi connectivity index (χ4v) is 3.71. The van der Waals surface area contributed by atoms with Gasteiger partial charge < -0.3 is 4.74 Å². The summed E-state index contributed by atoms with van der Waals surface area (Å²) in [4.78, 5) is 37.7. The molecule has 4 nitrogen and oxygen atoms in total. The van der Waals surface area contributed by atoms with E-state index in [1.807, 2.05) is 24.3 Å². The quantitative estimate of drug-likeness (QED) is 0.484. The minimum atomic E-state index is -0.183. The molecule has 0 spiro atoms. The number of carbonyl (C=O) groups excluding carboxylic acids is 3. The lowest BCUT2D eigenvalue weighted by atomic mass is 9.93. The van der Waals surface area contributed by atoms with E-state index in [0.29, 0.717) is 33.6 Å². The van der Waals surface area contributed by atoms with Gasteiger partial charge in [-0.25, -0.2) is 0 Å². The van der Waals surface area contributed by atoms with Crippen LogP contribution in [-0.4, -0.2) is 24.5 Å². The molecule has 0 unspecified atom stereocenters. The normalized spacial score (nSPS) is 11.7. The number of ketones is 3. The van der Waals surface area contributed by atoms with Gasteiger partial charge in [0.05, 0.1) is 7.11 Å². The van der Waals surface area contributed by atoms with Gasteiger partial charge in [-0.3, -0.25) is 14.4 Å². The zero-order chi connectivity index (χ0) is 19.8. The molecule has 0 aliphatic heterocycles. The Kier molecular flexibility index (Phi) is 4.40. The second kappa shape index (κ2) is 6.89. The van der Waals surface area contributed by atoms with Crippen molar-refractivity contribution in [1.29, 1.82) is 0 Å². The number of rotatable bonds is 5. The van der Waals surface area contributed by atoms with E-state index in [4.69, 9.17) is 4.74 Å². The first kappa shape index (κ1) is 17.9. The summed E-state index contributed by atoms with van der Waals surface area (Å²) in [6.45, 7) is 1.48. The summed E-state index contributed by atoms with van der Waals surface area (Å²) in [7, 11) is 1.52. The van der Waals surface area contributed by atoms with E-state index in [9.17, 15) is 14.4 Å². The van der Waals surface area contributed by atoms with Crippen molar-refractivity contribution in [3.05, 3.63) is 88.5 Å². The lowest BCUT2D eigenvalue weighted by molar-refractivity contribution is 0.0975. The molecule has 0 amide bonds. The monoisotopic (exact) mass is 370 g/mol. The number of methoxy groups -OCH3 is 1. The van der Waals surface area contributed by atoms with Crippen molar-refractivity contribution in [2.75, 3.05) is 7.11 Å².